The van der Waals surface area contributed by atoms with Crippen molar-refractivity contribution in [3.8, 4) is 0 Å². The maximum atomic E-state index is 12.2. The van der Waals surface area contributed by atoms with E-state index in [4.69, 9.17) is 4.74 Å². The highest BCUT2D eigenvalue weighted by molar-refractivity contribution is 6.52. The normalized spacial score (nSPS) is 19.6. The van der Waals surface area contributed by atoms with E-state index < -0.39 is 0 Å². The first-order valence-electron chi connectivity index (χ1n) is 7.27. The fourth-order valence-electron chi connectivity index (χ4n) is 2.94. The first-order chi connectivity index (χ1) is 9.70. The summed E-state index contributed by atoms with van der Waals surface area (Å²) >= 11 is 0. The number of ether oxygens (including phenoxy) is 1. The van der Waals surface area contributed by atoms with Gasteiger partial charge in [0.1, 0.15) is 0 Å². The highest BCUT2D eigenvalue weighted by atomic mass is 16.5. The third-order valence-corrected chi connectivity index (χ3v) is 4.23. The molecule has 0 aromatic heterocycles. The molecule has 1 aromatic rings. The third-order valence-electron chi connectivity index (χ3n) is 4.23. The smallest absolute Gasteiger partial charge is 0.299 e. The van der Waals surface area contributed by atoms with E-state index in [1.165, 1.54) is 0 Å². The molecule has 0 atom stereocenters. The first kappa shape index (κ1) is 13.3. The van der Waals surface area contributed by atoms with E-state index >= 15 is 0 Å². The molecule has 20 heavy (non-hydrogen) atoms. The average Bonchev–Trinajstić information content (AvgIpc) is 2.73. The van der Waals surface area contributed by atoms with E-state index in [9.17, 15) is 9.59 Å². The lowest BCUT2D eigenvalue weighted by Crippen LogP contribution is -2.36. The predicted octanol–water partition coefficient (Wildman–Crippen LogP) is 2.20. The number of amides is 1. The van der Waals surface area contributed by atoms with Crippen LogP contribution in [0.1, 0.15) is 35.7 Å². The van der Waals surface area contributed by atoms with E-state index in [1.54, 1.807) is 4.90 Å². The molecule has 2 aliphatic heterocycles. The number of nitrogens with zero attached hydrogens (tertiary/aromatic N) is 1. The maximum Gasteiger partial charge on any atom is 0.299 e. The van der Waals surface area contributed by atoms with Gasteiger partial charge in [0.15, 0.2) is 0 Å². The van der Waals surface area contributed by atoms with Crippen LogP contribution in [0.4, 0.5) is 5.69 Å². The van der Waals surface area contributed by atoms with Crippen molar-refractivity contribution in [3.05, 3.63) is 29.3 Å². The minimum atomic E-state index is -0.375. The summed E-state index contributed by atoms with van der Waals surface area (Å²) in [6, 6.07) is 5.78. The van der Waals surface area contributed by atoms with Crippen molar-refractivity contribution in [2.24, 2.45) is 5.92 Å². The van der Waals surface area contributed by atoms with Crippen LogP contribution in [0.15, 0.2) is 18.2 Å². The Morgan fingerprint density at radius 3 is 2.70 bits per heavy atom. The number of aryl methyl sites for hydroxylation is 1. The molecular weight excluding hydrogens is 254 g/mol. The third kappa shape index (κ3) is 2.24. The predicted molar refractivity (Wildman–Crippen MR) is 76.0 cm³/mol. The SMILES string of the molecule is CCc1ccc2c(c1)C(=O)C(=O)N2CC1CCOCC1. The van der Waals surface area contributed by atoms with Crippen LogP contribution < -0.4 is 4.90 Å². The zero-order valence-electron chi connectivity index (χ0n) is 11.7. The molecule has 0 saturated carbocycles. The molecular formula is C16H19NO3. The number of benzene rings is 1. The van der Waals surface area contributed by atoms with Crippen LogP contribution in [0.25, 0.3) is 0 Å². The number of hydrogen-bond donors (Lipinski definition) is 0. The van der Waals surface area contributed by atoms with Crippen molar-refractivity contribution in [1.29, 1.82) is 0 Å². The lowest BCUT2D eigenvalue weighted by atomic mass is 9.99. The fourth-order valence-corrected chi connectivity index (χ4v) is 2.94. The summed E-state index contributed by atoms with van der Waals surface area (Å²) in [5.74, 6) is -0.306. The quantitative estimate of drug-likeness (QED) is 0.793. The second-order valence-corrected chi connectivity index (χ2v) is 5.51. The Morgan fingerprint density at radius 1 is 1.25 bits per heavy atom. The lowest BCUT2D eigenvalue weighted by molar-refractivity contribution is -0.114. The zero-order chi connectivity index (χ0) is 14.1. The molecule has 1 fully saturated rings. The van der Waals surface area contributed by atoms with Gasteiger partial charge >= 0.3 is 0 Å². The molecule has 3 rings (SSSR count). The standard InChI is InChI=1S/C16H19NO3/c1-2-11-3-4-14-13(9-11)15(18)16(19)17(14)10-12-5-7-20-8-6-12/h3-4,9,12H,2,5-8,10H2,1H3. The molecule has 0 radical (unpaired) electrons. The molecule has 0 aliphatic carbocycles. The van der Waals surface area contributed by atoms with Gasteiger partial charge in [-0.15, -0.1) is 0 Å². The molecule has 4 nitrogen and oxygen atoms in total. The summed E-state index contributed by atoms with van der Waals surface area (Å²) in [6.45, 7) is 4.18. The molecule has 4 heteroatoms. The Balaban J connectivity index is 1.86. The molecule has 0 unspecified atom stereocenters. The topological polar surface area (TPSA) is 46.6 Å². The van der Waals surface area contributed by atoms with Crippen molar-refractivity contribution in [2.45, 2.75) is 26.2 Å². The van der Waals surface area contributed by atoms with Crippen LogP contribution in [-0.4, -0.2) is 31.4 Å². The van der Waals surface area contributed by atoms with Crippen LogP contribution in [0.5, 0.6) is 0 Å². The summed E-state index contributed by atoms with van der Waals surface area (Å²) in [7, 11) is 0. The molecule has 1 amide bonds. The van der Waals surface area contributed by atoms with E-state index in [-0.39, 0.29) is 11.7 Å². The molecule has 1 aromatic carbocycles. The van der Waals surface area contributed by atoms with Gasteiger partial charge in [0.2, 0.25) is 0 Å². The molecule has 0 bridgehead atoms. The Morgan fingerprint density at radius 2 is 2.00 bits per heavy atom. The summed E-state index contributed by atoms with van der Waals surface area (Å²) in [6.07, 6.45) is 2.79. The van der Waals surface area contributed by atoms with Gasteiger partial charge in [-0.05, 0) is 42.9 Å². The van der Waals surface area contributed by atoms with Crippen molar-refractivity contribution in [2.75, 3.05) is 24.7 Å². The summed E-state index contributed by atoms with van der Waals surface area (Å²) in [5, 5.41) is 0. The number of Topliss-reactive ketones (excluding diaryl/α,β-unsaturated/α-hetero) is 1. The van der Waals surface area contributed by atoms with Crippen LogP contribution in [0.2, 0.25) is 0 Å². The average molecular weight is 273 g/mol. The second kappa shape index (κ2) is 5.37. The number of fused-ring (bicyclic) bond motifs is 1. The Kier molecular flexibility index (Phi) is 3.57. The number of carbonyl (C=O) groups is 2. The van der Waals surface area contributed by atoms with Gasteiger partial charge in [0.25, 0.3) is 11.7 Å². The monoisotopic (exact) mass is 273 g/mol. The fraction of sp³-hybridized carbons (Fsp3) is 0.500. The van der Waals surface area contributed by atoms with Gasteiger partial charge in [-0.1, -0.05) is 13.0 Å². The number of anilines is 1. The second-order valence-electron chi connectivity index (χ2n) is 5.51. The molecule has 0 spiro atoms. The van der Waals surface area contributed by atoms with Crippen molar-refractivity contribution in [1.82, 2.24) is 0 Å². The van der Waals surface area contributed by atoms with E-state index in [0.29, 0.717) is 18.0 Å². The summed E-state index contributed by atoms with van der Waals surface area (Å²) in [4.78, 5) is 25.9. The van der Waals surface area contributed by atoms with Crippen LogP contribution >= 0.6 is 0 Å². The van der Waals surface area contributed by atoms with Gasteiger partial charge in [-0.2, -0.15) is 0 Å². The van der Waals surface area contributed by atoms with Crippen molar-refractivity contribution >= 4 is 17.4 Å². The molecule has 0 N–H and O–H groups in total. The zero-order valence-corrected chi connectivity index (χ0v) is 11.7. The van der Waals surface area contributed by atoms with Gasteiger partial charge < -0.3 is 9.64 Å². The lowest BCUT2D eigenvalue weighted by Gasteiger charge is -2.27. The van der Waals surface area contributed by atoms with Gasteiger partial charge in [0.05, 0.1) is 11.3 Å². The van der Waals surface area contributed by atoms with Crippen molar-refractivity contribution in [3.63, 3.8) is 0 Å². The van der Waals surface area contributed by atoms with Gasteiger partial charge in [-0.25, -0.2) is 0 Å². The van der Waals surface area contributed by atoms with Crippen LogP contribution in [-0.2, 0) is 16.0 Å². The largest absolute Gasteiger partial charge is 0.381 e. The highest BCUT2D eigenvalue weighted by Gasteiger charge is 2.37. The Labute approximate surface area is 118 Å². The molecule has 2 heterocycles. The van der Waals surface area contributed by atoms with Crippen LogP contribution in [0.3, 0.4) is 0 Å². The number of ketones is 1. The van der Waals surface area contributed by atoms with Crippen molar-refractivity contribution < 1.29 is 14.3 Å². The molecule has 1 saturated heterocycles. The van der Waals surface area contributed by atoms with Gasteiger partial charge in [0, 0.05) is 19.8 Å². The minimum Gasteiger partial charge on any atom is -0.381 e. The number of rotatable bonds is 3. The Hall–Kier alpha value is -1.68. The van der Waals surface area contributed by atoms with Crippen LogP contribution in [0, 0.1) is 5.92 Å². The van der Waals surface area contributed by atoms with Gasteiger partial charge in [-0.3, -0.25) is 9.59 Å². The van der Waals surface area contributed by atoms with E-state index in [2.05, 4.69) is 0 Å². The highest BCUT2D eigenvalue weighted by Crippen LogP contribution is 2.31. The summed E-state index contributed by atoms with van der Waals surface area (Å²) in [5.41, 5.74) is 2.45. The Bertz CT molecular complexity index is 547. The molecule has 106 valence electrons. The van der Waals surface area contributed by atoms with E-state index in [1.807, 2.05) is 25.1 Å². The first-order valence-corrected chi connectivity index (χ1v) is 7.27. The molecule has 2 aliphatic rings. The number of hydrogen-bond acceptors (Lipinski definition) is 3. The maximum absolute atomic E-state index is 12.2. The summed E-state index contributed by atoms with van der Waals surface area (Å²) < 4.78 is 5.34. The van der Waals surface area contributed by atoms with E-state index in [0.717, 1.165) is 43.7 Å². The minimum absolute atomic E-state index is 0.359. The number of carbonyl (C=O) groups excluding carboxylic acids is 2.